The Hall–Kier alpha value is -3.54. The third-order valence-corrected chi connectivity index (χ3v) is 4.61. The first-order chi connectivity index (χ1) is 12.9. The molecule has 0 aromatic heterocycles. The van der Waals surface area contributed by atoms with Crippen molar-refractivity contribution in [1.29, 1.82) is 0 Å². The zero-order valence-corrected chi connectivity index (χ0v) is 13.8. The average Bonchev–Trinajstić information content (AvgIpc) is 2.97. The summed E-state index contributed by atoms with van der Waals surface area (Å²) in [5, 5.41) is 9.66. The molecule has 4 rings (SSSR count). The van der Waals surface area contributed by atoms with Crippen LogP contribution in [0.4, 0.5) is 8.78 Å². The largest absolute Gasteiger partial charge is 0.478 e. The van der Waals surface area contributed by atoms with E-state index in [9.17, 15) is 23.5 Å². The van der Waals surface area contributed by atoms with Gasteiger partial charge in [-0.1, -0.05) is 30.3 Å². The highest BCUT2D eigenvalue weighted by atomic mass is 19.1. The van der Waals surface area contributed by atoms with Gasteiger partial charge in [-0.25, -0.2) is 18.4 Å². The number of rotatable bonds is 3. The molecule has 1 aliphatic heterocycles. The monoisotopic (exact) mass is 366 g/mol. The van der Waals surface area contributed by atoms with Crippen molar-refractivity contribution in [2.75, 3.05) is 0 Å². The number of carbonyl (C=O) groups is 2. The molecule has 3 aromatic carbocycles. The summed E-state index contributed by atoms with van der Waals surface area (Å²) >= 11 is 0. The molecular weight excluding hydrogens is 354 g/mol. The third kappa shape index (κ3) is 2.49. The second-order valence-corrected chi connectivity index (χ2v) is 6.12. The van der Waals surface area contributed by atoms with E-state index in [4.69, 9.17) is 4.74 Å². The highest BCUT2D eigenvalue weighted by molar-refractivity contribution is 6.02. The van der Waals surface area contributed by atoms with Crippen LogP contribution < -0.4 is 0 Å². The number of fused-ring (bicyclic) bond motifs is 1. The zero-order chi connectivity index (χ0) is 19.2. The van der Waals surface area contributed by atoms with Crippen molar-refractivity contribution in [3.63, 3.8) is 0 Å². The van der Waals surface area contributed by atoms with E-state index in [0.717, 1.165) is 0 Å². The van der Waals surface area contributed by atoms with Crippen LogP contribution in [0, 0.1) is 11.6 Å². The van der Waals surface area contributed by atoms with E-state index in [-0.39, 0.29) is 16.7 Å². The fourth-order valence-electron chi connectivity index (χ4n) is 3.47. The molecule has 1 heterocycles. The van der Waals surface area contributed by atoms with Crippen LogP contribution in [0.1, 0.15) is 37.4 Å². The van der Waals surface area contributed by atoms with Gasteiger partial charge in [-0.05, 0) is 36.4 Å². The molecular formula is C21H12F2O4. The quantitative estimate of drug-likeness (QED) is 0.708. The molecule has 1 N–H and O–H groups in total. The van der Waals surface area contributed by atoms with E-state index in [0.29, 0.717) is 11.1 Å². The Morgan fingerprint density at radius 1 is 0.852 bits per heavy atom. The third-order valence-electron chi connectivity index (χ3n) is 4.61. The maximum Gasteiger partial charge on any atom is 0.340 e. The molecule has 0 bridgehead atoms. The van der Waals surface area contributed by atoms with E-state index in [1.54, 1.807) is 0 Å². The second kappa shape index (κ2) is 6.02. The zero-order valence-electron chi connectivity index (χ0n) is 13.8. The van der Waals surface area contributed by atoms with Crippen LogP contribution in [0.25, 0.3) is 0 Å². The minimum Gasteiger partial charge on any atom is -0.478 e. The van der Waals surface area contributed by atoms with Gasteiger partial charge in [0.15, 0.2) is 5.60 Å². The van der Waals surface area contributed by atoms with Crippen LogP contribution >= 0.6 is 0 Å². The second-order valence-electron chi connectivity index (χ2n) is 6.12. The molecule has 1 aliphatic rings. The number of aromatic carboxylic acids is 1. The summed E-state index contributed by atoms with van der Waals surface area (Å²) in [5.74, 6) is -2.94. The number of carbonyl (C=O) groups excluding carboxylic acids is 1. The summed E-state index contributed by atoms with van der Waals surface area (Å²) in [6.45, 7) is 0. The number of cyclic esters (lactones) is 1. The number of hydrogen-bond donors (Lipinski definition) is 1. The van der Waals surface area contributed by atoms with Crippen LogP contribution in [0.2, 0.25) is 0 Å². The molecule has 0 fully saturated rings. The molecule has 0 saturated heterocycles. The molecule has 0 spiro atoms. The minimum atomic E-state index is -1.62. The molecule has 0 unspecified atom stereocenters. The van der Waals surface area contributed by atoms with Gasteiger partial charge in [0.05, 0.1) is 11.1 Å². The van der Waals surface area contributed by atoms with Gasteiger partial charge < -0.3 is 9.84 Å². The Morgan fingerprint density at radius 3 is 1.85 bits per heavy atom. The van der Waals surface area contributed by atoms with Gasteiger partial charge in [-0.3, -0.25) is 0 Å². The van der Waals surface area contributed by atoms with Crippen molar-refractivity contribution < 1.29 is 28.2 Å². The predicted molar refractivity (Wildman–Crippen MR) is 91.5 cm³/mol. The summed E-state index contributed by atoms with van der Waals surface area (Å²) in [5.41, 5.74) is -0.785. The number of ether oxygens (including phenoxy) is 1. The smallest absolute Gasteiger partial charge is 0.340 e. The Balaban J connectivity index is 2.11. The molecule has 134 valence electrons. The standard InChI is InChI=1S/C21H12F2O4/c22-14-8-4-12(5-9-14)21(13-6-10-15(23)11-7-13)18-16(19(24)25)2-1-3-17(18)20(26)27-21/h1-11H,(H,24,25). The van der Waals surface area contributed by atoms with Crippen LogP contribution in [0.3, 0.4) is 0 Å². The molecule has 6 heteroatoms. The SMILES string of the molecule is O=C(O)c1cccc2c1C(c1ccc(F)cc1)(c1ccc(F)cc1)OC2=O. The topological polar surface area (TPSA) is 63.6 Å². The van der Waals surface area contributed by atoms with E-state index in [1.165, 1.54) is 66.7 Å². The summed E-state index contributed by atoms with van der Waals surface area (Å²) in [6, 6.07) is 14.7. The number of esters is 1. The molecule has 0 saturated carbocycles. The van der Waals surface area contributed by atoms with Crippen LogP contribution in [0.15, 0.2) is 66.7 Å². The number of hydrogen-bond acceptors (Lipinski definition) is 3. The first-order valence-electron chi connectivity index (χ1n) is 8.05. The Kier molecular flexibility index (Phi) is 3.77. The van der Waals surface area contributed by atoms with E-state index in [2.05, 4.69) is 0 Å². The lowest BCUT2D eigenvalue weighted by atomic mass is 9.77. The number of benzene rings is 3. The molecule has 27 heavy (non-hydrogen) atoms. The normalized spacial score (nSPS) is 14.5. The summed E-state index contributed by atoms with van der Waals surface area (Å²) in [7, 11) is 0. The van der Waals surface area contributed by atoms with Crippen molar-refractivity contribution in [3.05, 3.63) is 106 Å². The van der Waals surface area contributed by atoms with Crippen molar-refractivity contribution in [2.24, 2.45) is 0 Å². The maximum absolute atomic E-state index is 13.5. The number of carboxylic acid groups (broad SMARTS) is 1. The number of carboxylic acids is 1. The number of halogens is 2. The Bertz CT molecular complexity index is 1010. The Morgan fingerprint density at radius 2 is 1.37 bits per heavy atom. The molecule has 4 nitrogen and oxygen atoms in total. The lowest BCUT2D eigenvalue weighted by Crippen LogP contribution is -2.31. The highest BCUT2D eigenvalue weighted by Crippen LogP contribution is 2.48. The van der Waals surface area contributed by atoms with Crippen LogP contribution in [-0.4, -0.2) is 17.0 Å². The summed E-state index contributed by atoms with van der Waals surface area (Å²) in [6.07, 6.45) is 0. The van der Waals surface area contributed by atoms with Gasteiger partial charge >= 0.3 is 11.9 Å². The van der Waals surface area contributed by atoms with Crippen molar-refractivity contribution in [3.8, 4) is 0 Å². The van der Waals surface area contributed by atoms with Gasteiger partial charge in [0.2, 0.25) is 0 Å². The lowest BCUT2D eigenvalue weighted by molar-refractivity contribution is 0.0245. The average molecular weight is 366 g/mol. The van der Waals surface area contributed by atoms with Gasteiger partial charge in [0, 0.05) is 16.7 Å². The first kappa shape index (κ1) is 16.9. The van der Waals surface area contributed by atoms with Crippen molar-refractivity contribution in [2.45, 2.75) is 5.60 Å². The van der Waals surface area contributed by atoms with Gasteiger partial charge in [-0.15, -0.1) is 0 Å². The first-order valence-corrected chi connectivity index (χ1v) is 8.05. The van der Waals surface area contributed by atoms with Gasteiger partial charge in [0.1, 0.15) is 11.6 Å². The lowest BCUT2D eigenvalue weighted by Gasteiger charge is -2.31. The maximum atomic E-state index is 13.5. The fraction of sp³-hybridized carbons (Fsp3) is 0.0476. The van der Waals surface area contributed by atoms with Crippen LogP contribution in [-0.2, 0) is 10.3 Å². The van der Waals surface area contributed by atoms with E-state index >= 15 is 0 Å². The van der Waals surface area contributed by atoms with Crippen LogP contribution in [0.5, 0.6) is 0 Å². The van der Waals surface area contributed by atoms with Crippen molar-refractivity contribution in [1.82, 2.24) is 0 Å². The van der Waals surface area contributed by atoms with E-state index in [1.807, 2.05) is 0 Å². The highest BCUT2D eigenvalue weighted by Gasteiger charge is 2.50. The fourth-order valence-corrected chi connectivity index (χ4v) is 3.47. The van der Waals surface area contributed by atoms with E-state index < -0.39 is 29.2 Å². The van der Waals surface area contributed by atoms with Crippen molar-refractivity contribution >= 4 is 11.9 Å². The molecule has 3 aromatic rings. The van der Waals surface area contributed by atoms with Gasteiger partial charge in [-0.2, -0.15) is 0 Å². The molecule has 0 atom stereocenters. The summed E-state index contributed by atoms with van der Waals surface area (Å²) in [4.78, 5) is 24.4. The minimum absolute atomic E-state index is 0.101. The molecule has 0 radical (unpaired) electrons. The van der Waals surface area contributed by atoms with Gasteiger partial charge in [0.25, 0.3) is 0 Å². The summed E-state index contributed by atoms with van der Waals surface area (Å²) < 4.78 is 32.7. The molecule has 0 aliphatic carbocycles. The Labute approximate surface area is 152 Å². The predicted octanol–water partition coefficient (Wildman–Crippen LogP) is 4.13. The molecule has 0 amide bonds.